The maximum absolute atomic E-state index is 12.0. The number of alkyl halides is 2. The number of ether oxygens (including phenoxy) is 1. The maximum atomic E-state index is 12.0. The monoisotopic (exact) mass is 283 g/mol. The fraction of sp³-hybridized carbons (Fsp3) is 0.625. The van der Waals surface area contributed by atoms with E-state index >= 15 is 0 Å². The Bertz CT molecular complexity index is 390. The first-order valence-electron chi connectivity index (χ1n) is 7.40. The molecule has 1 N–H and O–H groups in total. The van der Waals surface area contributed by atoms with E-state index in [1.54, 1.807) is 12.1 Å². The molecule has 1 unspecified atom stereocenters. The molecule has 0 bridgehead atoms. The summed E-state index contributed by atoms with van der Waals surface area (Å²) in [5, 5.41) is 3.54. The molecule has 1 aliphatic carbocycles. The van der Waals surface area contributed by atoms with Gasteiger partial charge in [0.15, 0.2) is 0 Å². The number of halogens is 2. The van der Waals surface area contributed by atoms with Gasteiger partial charge in [-0.15, -0.1) is 0 Å². The largest absolute Gasteiger partial charge is 0.435 e. The molecule has 1 saturated carbocycles. The van der Waals surface area contributed by atoms with Gasteiger partial charge in [0.25, 0.3) is 0 Å². The van der Waals surface area contributed by atoms with Crippen LogP contribution in [0.15, 0.2) is 24.3 Å². The highest BCUT2D eigenvalue weighted by Gasteiger charge is 2.20. The third-order valence-electron chi connectivity index (χ3n) is 3.76. The lowest BCUT2D eigenvalue weighted by Crippen LogP contribution is -2.27. The average Bonchev–Trinajstić information content (AvgIpc) is 3.21. The minimum atomic E-state index is -2.75. The molecule has 1 aliphatic rings. The predicted octanol–water partition coefficient (Wildman–Crippen LogP) is 4.00. The Labute approximate surface area is 119 Å². The second-order valence-electron chi connectivity index (χ2n) is 5.65. The topological polar surface area (TPSA) is 21.3 Å². The second kappa shape index (κ2) is 7.58. The van der Waals surface area contributed by atoms with Crippen molar-refractivity contribution in [1.29, 1.82) is 0 Å². The summed E-state index contributed by atoms with van der Waals surface area (Å²) in [5.74, 6) is 1.19. The molecule has 1 aromatic rings. The molecule has 1 fully saturated rings. The molecule has 20 heavy (non-hydrogen) atoms. The Kier molecular flexibility index (Phi) is 5.77. The lowest BCUT2D eigenvalue weighted by molar-refractivity contribution is -0.0498. The minimum Gasteiger partial charge on any atom is -0.435 e. The zero-order valence-corrected chi connectivity index (χ0v) is 11.9. The molecule has 0 radical (unpaired) electrons. The summed E-state index contributed by atoms with van der Waals surface area (Å²) in [5.41, 5.74) is 1.16. The van der Waals surface area contributed by atoms with Crippen molar-refractivity contribution in [3.63, 3.8) is 0 Å². The van der Waals surface area contributed by atoms with Crippen molar-refractivity contribution in [2.45, 2.75) is 51.7 Å². The molecule has 0 heterocycles. The smallest absolute Gasteiger partial charge is 0.387 e. The van der Waals surface area contributed by atoms with Crippen LogP contribution in [0.4, 0.5) is 8.78 Å². The van der Waals surface area contributed by atoms with Crippen LogP contribution in [-0.4, -0.2) is 19.2 Å². The molecule has 0 saturated heterocycles. The molecule has 112 valence electrons. The summed E-state index contributed by atoms with van der Waals surface area (Å²) in [6, 6.07) is 7.41. The van der Waals surface area contributed by atoms with Crippen molar-refractivity contribution in [3.8, 4) is 5.75 Å². The zero-order valence-electron chi connectivity index (χ0n) is 11.9. The summed E-state index contributed by atoms with van der Waals surface area (Å²) in [6.07, 6.45) is 6.11. The number of nitrogens with one attached hydrogen (secondary N) is 1. The van der Waals surface area contributed by atoms with Gasteiger partial charge < -0.3 is 10.1 Å². The molecule has 0 aliphatic heterocycles. The normalized spacial score (nSPS) is 16.4. The van der Waals surface area contributed by atoms with Crippen LogP contribution in [0.1, 0.15) is 38.2 Å². The molecule has 4 heteroatoms. The van der Waals surface area contributed by atoms with E-state index in [4.69, 9.17) is 0 Å². The first-order valence-corrected chi connectivity index (χ1v) is 7.40. The Balaban J connectivity index is 1.64. The summed E-state index contributed by atoms with van der Waals surface area (Å²) >= 11 is 0. The van der Waals surface area contributed by atoms with Gasteiger partial charge in [0.05, 0.1) is 0 Å². The van der Waals surface area contributed by atoms with E-state index in [0.717, 1.165) is 30.9 Å². The number of rotatable bonds is 9. The quantitative estimate of drug-likeness (QED) is 0.739. The fourth-order valence-corrected chi connectivity index (χ4v) is 2.26. The van der Waals surface area contributed by atoms with E-state index in [1.807, 2.05) is 12.1 Å². The van der Waals surface area contributed by atoms with E-state index < -0.39 is 6.61 Å². The molecule has 1 atom stereocenters. The standard InChI is InChI=1S/C16H23F2NO/c1-12(19-11-10-14-4-5-14)2-3-13-6-8-15(9-7-13)20-16(17)18/h6-9,12,14,16,19H,2-5,10-11H2,1H3. The van der Waals surface area contributed by atoms with Crippen LogP contribution in [0.5, 0.6) is 5.75 Å². The maximum Gasteiger partial charge on any atom is 0.387 e. The van der Waals surface area contributed by atoms with Crippen molar-refractivity contribution in [2.24, 2.45) is 5.92 Å². The molecule has 0 aromatic heterocycles. The number of hydrogen-bond acceptors (Lipinski definition) is 2. The minimum absolute atomic E-state index is 0.222. The third-order valence-corrected chi connectivity index (χ3v) is 3.76. The molecular formula is C16H23F2NO. The van der Waals surface area contributed by atoms with Gasteiger partial charge in [0.2, 0.25) is 0 Å². The predicted molar refractivity (Wildman–Crippen MR) is 76.2 cm³/mol. The van der Waals surface area contributed by atoms with Crippen LogP contribution in [-0.2, 0) is 6.42 Å². The first-order chi connectivity index (χ1) is 9.63. The highest BCUT2D eigenvalue weighted by Crippen LogP contribution is 2.31. The second-order valence-corrected chi connectivity index (χ2v) is 5.65. The SMILES string of the molecule is CC(CCc1ccc(OC(F)F)cc1)NCCC1CC1. The van der Waals surface area contributed by atoms with Gasteiger partial charge in [-0.2, -0.15) is 8.78 Å². The molecule has 1 aromatic carbocycles. The van der Waals surface area contributed by atoms with Crippen LogP contribution in [0.2, 0.25) is 0 Å². The van der Waals surface area contributed by atoms with Crippen molar-refractivity contribution in [2.75, 3.05) is 6.54 Å². The van der Waals surface area contributed by atoms with Gasteiger partial charge >= 0.3 is 6.61 Å². The van der Waals surface area contributed by atoms with Gasteiger partial charge in [-0.25, -0.2) is 0 Å². The molecule has 2 rings (SSSR count). The fourth-order valence-electron chi connectivity index (χ4n) is 2.26. The summed E-state index contributed by atoms with van der Waals surface area (Å²) < 4.78 is 28.4. The van der Waals surface area contributed by atoms with Crippen LogP contribution in [0.3, 0.4) is 0 Å². The third kappa shape index (κ3) is 5.87. The molecule has 0 amide bonds. The van der Waals surface area contributed by atoms with Crippen LogP contribution >= 0.6 is 0 Å². The summed E-state index contributed by atoms with van der Waals surface area (Å²) in [6.45, 7) is 0.547. The van der Waals surface area contributed by atoms with Gasteiger partial charge in [-0.3, -0.25) is 0 Å². The van der Waals surface area contributed by atoms with E-state index in [0.29, 0.717) is 6.04 Å². The highest BCUT2D eigenvalue weighted by atomic mass is 19.3. The Morgan fingerprint density at radius 2 is 1.95 bits per heavy atom. The molecule has 2 nitrogen and oxygen atoms in total. The van der Waals surface area contributed by atoms with E-state index in [9.17, 15) is 8.78 Å². The van der Waals surface area contributed by atoms with Gasteiger partial charge in [0, 0.05) is 6.04 Å². The molecular weight excluding hydrogens is 260 g/mol. The number of aryl methyl sites for hydroxylation is 1. The van der Waals surface area contributed by atoms with E-state index in [1.165, 1.54) is 19.3 Å². The lowest BCUT2D eigenvalue weighted by Gasteiger charge is -2.13. The highest BCUT2D eigenvalue weighted by molar-refractivity contribution is 5.27. The summed E-state index contributed by atoms with van der Waals surface area (Å²) in [7, 11) is 0. The van der Waals surface area contributed by atoms with Crippen molar-refractivity contribution >= 4 is 0 Å². The number of benzene rings is 1. The Morgan fingerprint density at radius 3 is 2.55 bits per heavy atom. The zero-order chi connectivity index (χ0) is 14.4. The van der Waals surface area contributed by atoms with Gasteiger partial charge in [-0.05, 0) is 56.3 Å². The van der Waals surface area contributed by atoms with Crippen molar-refractivity contribution in [1.82, 2.24) is 5.32 Å². The average molecular weight is 283 g/mol. The van der Waals surface area contributed by atoms with Gasteiger partial charge in [-0.1, -0.05) is 25.0 Å². The van der Waals surface area contributed by atoms with Crippen LogP contribution < -0.4 is 10.1 Å². The first kappa shape index (κ1) is 15.2. The van der Waals surface area contributed by atoms with E-state index in [2.05, 4.69) is 17.0 Å². The van der Waals surface area contributed by atoms with Crippen LogP contribution in [0.25, 0.3) is 0 Å². The Hall–Kier alpha value is -1.16. The Morgan fingerprint density at radius 1 is 1.25 bits per heavy atom. The van der Waals surface area contributed by atoms with Gasteiger partial charge in [0.1, 0.15) is 5.75 Å². The lowest BCUT2D eigenvalue weighted by atomic mass is 10.1. The molecule has 0 spiro atoms. The van der Waals surface area contributed by atoms with Crippen molar-refractivity contribution < 1.29 is 13.5 Å². The number of hydrogen-bond donors (Lipinski definition) is 1. The van der Waals surface area contributed by atoms with E-state index in [-0.39, 0.29) is 5.75 Å². The summed E-state index contributed by atoms with van der Waals surface area (Å²) in [4.78, 5) is 0. The van der Waals surface area contributed by atoms with Crippen molar-refractivity contribution in [3.05, 3.63) is 29.8 Å². The van der Waals surface area contributed by atoms with Crippen LogP contribution in [0, 0.1) is 5.92 Å².